The lowest BCUT2D eigenvalue weighted by atomic mass is 10.2. The molecule has 2 aromatic rings. The Hall–Kier alpha value is -2.70. The van der Waals surface area contributed by atoms with E-state index in [1.54, 1.807) is 18.2 Å². The summed E-state index contributed by atoms with van der Waals surface area (Å²) in [4.78, 5) is 22.9. The normalized spacial score (nSPS) is 13.8. The summed E-state index contributed by atoms with van der Waals surface area (Å²) in [7, 11) is 0. The number of aryl methyl sites for hydroxylation is 1. The molecule has 0 unspecified atom stereocenters. The second-order valence-electron chi connectivity index (χ2n) is 6.03. The molecule has 0 aliphatic carbocycles. The summed E-state index contributed by atoms with van der Waals surface area (Å²) >= 11 is 0. The van der Waals surface area contributed by atoms with Gasteiger partial charge in [0.1, 0.15) is 5.82 Å². The van der Waals surface area contributed by atoms with E-state index in [0.29, 0.717) is 18.4 Å². The first kappa shape index (κ1) is 17.1. The van der Waals surface area contributed by atoms with Gasteiger partial charge >= 0.3 is 0 Å². The van der Waals surface area contributed by atoms with Crippen LogP contribution in [-0.4, -0.2) is 35.6 Å². The number of rotatable bonds is 6. The number of nitrogens with one attached hydrogen (secondary N) is 1. The number of carbonyl (C=O) groups is 1. The molecule has 1 amide bonds. The van der Waals surface area contributed by atoms with Crippen LogP contribution in [0, 0.1) is 12.7 Å². The molecule has 1 aromatic carbocycles. The van der Waals surface area contributed by atoms with Crippen molar-refractivity contribution in [3.63, 3.8) is 0 Å². The fourth-order valence-electron chi connectivity index (χ4n) is 2.65. The fourth-order valence-corrected chi connectivity index (χ4v) is 2.65. The Balaban J connectivity index is 1.52. The van der Waals surface area contributed by atoms with Gasteiger partial charge < -0.3 is 15.0 Å². The van der Waals surface area contributed by atoms with Crippen molar-refractivity contribution in [2.45, 2.75) is 26.3 Å². The number of hydrogen-bond acceptors (Lipinski definition) is 5. The van der Waals surface area contributed by atoms with Gasteiger partial charge in [-0.15, -0.1) is 0 Å². The van der Waals surface area contributed by atoms with Crippen LogP contribution in [0.25, 0.3) is 0 Å². The SMILES string of the molecule is Cc1cc(OCC(=O)NCc2ccc(F)cc2)nc(N2CCCC2)n1. The molecular formula is C18H21FN4O2. The molecule has 132 valence electrons. The molecule has 0 radical (unpaired) electrons. The largest absolute Gasteiger partial charge is 0.467 e. The number of aromatic nitrogens is 2. The molecule has 0 spiro atoms. The number of amides is 1. The third-order valence-electron chi connectivity index (χ3n) is 3.96. The van der Waals surface area contributed by atoms with Crippen molar-refractivity contribution < 1.29 is 13.9 Å². The first-order valence-electron chi connectivity index (χ1n) is 8.35. The zero-order valence-electron chi connectivity index (χ0n) is 14.2. The van der Waals surface area contributed by atoms with Gasteiger partial charge in [-0.05, 0) is 37.5 Å². The van der Waals surface area contributed by atoms with Gasteiger partial charge in [-0.3, -0.25) is 4.79 Å². The zero-order valence-corrected chi connectivity index (χ0v) is 14.2. The van der Waals surface area contributed by atoms with Gasteiger partial charge in [0.2, 0.25) is 11.8 Å². The van der Waals surface area contributed by atoms with Crippen LogP contribution in [-0.2, 0) is 11.3 Å². The van der Waals surface area contributed by atoms with E-state index in [2.05, 4.69) is 20.2 Å². The smallest absolute Gasteiger partial charge is 0.258 e. The van der Waals surface area contributed by atoms with Crippen molar-refractivity contribution in [3.8, 4) is 5.88 Å². The van der Waals surface area contributed by atoms with E-state index >= 15 is 0 Å². The van der Waals surface area contributed by atoms with E-state index in [-0.39, 0.29) is 18.3 Å². The van der Waals surface area contributed by atoms with Crippen molar-refractivity contribution in [1.29, 1.82) is 0 Å². The van der Waals surface area contributed by atoms with Crippen molar-refractivity contribution in [3.05, 3.63) is 47.4 Å². The molecular weight excluding hydrogens is 323 g/mol. The minimum Gasteiger partial charge on any atom is -0.467 e. The maximum atomic E-state index is 12.8. The first-order valence-corrected chi connectivity index (χ1v) is 8.35. The Morgan fingerprint density at radius 2 is 1.96 bits per heavy atom. The fraction of sp³-hybridized carbons (Fsp3) is 0.389. The molecule has 25 heavy (non-hydrogen) atoms. The van der Waals surface area contributed by atoms with Crippen molar-refractivity contribution in [2.75, 3.05) is 24.6 Å². The molecule has 0 atom stereocenters. The van der Waals surface area contributed by atoms with Gasteiger partial charge in [-0.2, -0.15) is 4.98 Å². The standard InChI is InChI=1S/C18H21FN4O2/c1-13-10-17(22-18(21-13)23-8-2-3-9-23)25-12-16(24)20-11-14-4-6-15(19)7-5-14/h4-7,10H,2-3,8-9,11-12H2,1H3,(H,20,24). The second-order valence-corrected chi connectivity index (χ2v) is 6.03. The monoisotopic (exact) mass is 344 g/mol. The number of hydrogen-bond donors (Lipinski definition) is 1. The highest BCUT2D eigenvalue weighted by Crippen LogP contribution is 2.19. The predicted octanol–water partition coefficient (Wildman–Crippen LogP) is 2.22. The Kier molecular flexibility index (Phi) is 5.42. The Morgan fingerprint density at radius 3 is 2.68 bits per heavy atom. The van der Waals surface area contributed by atoms with Crippen LogP contribution in [0.1, 0.15) is 24.1 Å². The molecule has 1 aliphatic rings. The highest BCUT2D eigenvalue weighted by Gasteiger charge is 2.16. The Labute approximate surface area is 146 Å². The van der Waals surface area contributed by atoms with Crippen LogP contribution in [0.2, 0.25) is 0 Å². The molecule has 1 saturated heterocycles. The van der Waals surface area contributed by atoms with E-state index < -0.39 is 0 Å². The average molecular weight is 344 g/mol. The quantitative estimate of drug-likeness (QED) is 0.870. The lowest BCUT2D eigenvalue weighted by Crippen LogP contribution is -2.28. The van der Waals surface area contributed by atoms with Gasteiger partial charge in [-0.1, -0.05) is 12.1 Å². The summed E-state index contributed by atoms with van der Waals surface area (Å²) < 4.78 is 18.4. The number of halogens is 1. The zero-order chi connectivity index (χ0) is 17.6. The van der Waals surface area contributed by atoms with Gasteiger partial charge in [0, 0.05) is 31.4 Å². The molecule has 2 heterocycles. The van der Waals surface area contributed by atoms with Crippen LogP contribution in [0.4, 0.5) is 10.3 Å². The summed E-state index contributed by atoms with van der Waals surface area (Å²) in [5.41, 5.74) is 1.63. The number of benzene rings is 1. The van der Waals surface area contributed by atoms with Crippen molar-refractivity contribution >= 4 is 11.9 Å². The molecule has 7 heteroatoms. The minimum atomic E-state index is -0.300. The molecule has 3 rings (SSSR count). The molecule has 1 fully saturated rings. The van der Waals surface area contributed by atoms with Crippen LogP contribution < -0.4 is 15.0 Å². The van der Waals surface area contributed by atoms with Crippen LogP contribution in [0.15, 0.2) is 30.3 Å². The summed E-state index contributed by atoms with van der Waals surface area (Å²) in [6.07, 6.45) is 2.28. The number of carbonyl (C=O) groups excluding carboxylic acids is 1. The van der Waals surface area contributed by atoms with Crippen LogP contribution in [0.3, 0.4) is 0 Å². The second kappa shape index (κ2) is 7.92. The molecule has 1 aromatic heterocycles. The van der Waals surface area contributed by atoms with Crippen molar-refractivity contribution in [1.82, 2.24) is 15.3 Å². The van der Waals surface area contributed by atoms with E-state index in [0.717, 1.165) is 37.2 Å². The number of nitrogens with zero attached hydrogens (tertiary/aromatic N) is 3. The molecule has 1 N–H and O–H groups in total. The summed E-state index contributed by atoms with van der Waals surface area (Å²) in [6, 6.07) is 7.70. The van der Waals surface area contributed by atoms with Crippen molar-refractivity contribution in [2.24, 2.45) is 0 Å². The lowest BCUT2D eigenvalue weighted by Gasteiger charge is -2.16. The molecule has 6 nitrogen and oxygen atoms in total. The highest BCUT2D eigenvalue weighted by molar-refractivity contribution is 5.77. The molecule has 0 saturated carbocycles. The predicted molar refractivity (Wildman–Crippen MR) is 92.0 cm³/mol. The third kappa shape index (κ3) is 4.89. The highest BCUT2D eigenvalue weighted by atomic mass is 19.1. The van der Waals surface area contributed by atoms with E-state index in [1.165, 1.54) is 12.1 Å². The van der Waals surface area contributed by atoms with E-state index in [9.17, 15) is 9.18 Å². The Morgan fingerprint density at radius 1 is 1.24 bits per heavy atom. The molecule has 0 bridgehead atoms. The van der Waals surface area contributed by atoms with E-state index in [4.69, 9.17) is 4.74 Å². The Bertz CT molecular complexity index is 730. The topological polar surface area (TPSA) is 67.3 Å². The first-order chi connectivity index (χ1) is 12.1. The van der Waals surface area contributed by atoms with Crippen LogP contribution >= 0.6 is 0 Å². The van der Waals surface area contributed by atoms with Gasteiger partial charge in [0.25, 0.3) is 5.91 Å². The summed E-state index contributed by atoms with van der Waals surface area (Å²) in [5, 5.41) is 2.73. The third-order valence-corrected chi connectivity index (χ3v) is 3.96. The molecule has 1 aliphatic heterocycles. The average Bonchev–Trinajstić information content (AvgIpc) is 3.14. The summed E-state index contributed by atoms with van der Waals surface area (Å²) in [5.74, 6) is 0.486. The maximum absolute atomic E-state index is 12.8. The maximum Gasteiger partial charge on any atom is 0.258 e. The minimum absolute atomic E-state index is 0.128. The van der Waals surface area contributed by atoms with Gasteiger partial charge in [-0.25, -0.2) is 9.37 Å². The number of ether oxygens (including phenoxy) is 1. The van der Waals surface area contributed by atoms with Crippen LogP contribution in [0.5, 0.6) is 5.88 Å². The van der Waals surface area contributed by atoms with Gasteiger partial charge in [0.15, 0.2) is 6.61 Å². The van der Waals surface area contributed by atoms with E-state index in [1.807, 2.05) is 6.92 Å². The summed E-state index contributed by atoms with van der Waals surface area (Å²) in [6.45, 7) is 3.96. The lowest BCUT2D eigenvalue weighted by molar-refractivity contribution is -0.123. The number of anilines is 1. The van der Waals surface area contributed by atoms with Gasteiger partial charge in [0.05, 0.1) is 0 Å².